The van der Waals surface area contributed by atoms with Crippen LogP contribution in [0.1, 0.15) is 26.7 Å². The molecule has 0 aliphatic rings. The molecule has 0 aliphatic heterocycles. The summed E-state index contributed by atoms with van der Waals surface area (Å²) in [5.41, 5.74) is 1.16. The highest BCUT2D eigenvalue weighted by molar-refractivity contribution is 4.91. The van der Waals surface area contributed by atoms with Gasteiger partial charge in [0.25, 0.3) is 0 Å². The van der Waals surface area contributed by atoms with Crippen molar-refractivity contribution < 1.29 is 0 Å². The smallest absolute Gasteiger partial charge is 0.0624 e. The van der Waals surface area contributed by atoms with Gasteiger partial charge in [0.2, 0.25) is 0 Å². The lowest BCUT2D eigenvalue weighted by molar-refractivity contribution is 0.593. The fraction of sp³-hybridized carbons (Fsp3) is 0.625. The molecule has 0 aromatic rings. The van der Waals surface area contributed by atoms with E-state index < -0.39 is 0 Å². The van der Waals surface area contributed by atoms with Crippen LogP contribution >= 0.6 is 0 Å². The lowest BCUT2D eigenvalue weighted by Gasteiger charge is -2.03. The zero-order valence-electron chi connectivity index (χ0n) is 6.15. The topological polar surface area (TPSA) is 23.8 Å². The molecule has 1 unspecified atom stereocenters. The third kappa shape index (κ3) is 5.10. The number of allylic oxidation sites excluding steroid dienone is 1. The molecule has 0 saturated carbocycles. The lowest BCUT2D eigenvalue weighted by Crippen LogP contribution is -1.92. The zero-order valence-corrected chi connectivity index (χ0v) is 6.15. The molecule has 9 heavy (non-hydrogen) atoms. The number of rotatable bonds is 3. The van der Waals surface area contributed by atoms with Gasteiger partial charge in [-0.3, -0.25) is 0 Å². The second kappa shape index (κ2) is 4.14. The highest BCUT2D eigenvalue weighted by Gasteiger charge is 1.99. The molecule has 1 nitrogen and oxygen atoms in total. The highest BCUT2D eigenvalue weighted by atomic mass is 14.2. The first-order valence-electron chi connectivity index (χ1n) is 3.18. The van der Waals surface area contributed by atoms with Crippen LogP contribution in [0.2, 0.25) is 0 Å². The summed E-state index contributed by atoms with van der Waals surface area (Å²) < 4.78 is 0. The molecular formula is C8H13N. The molecule has 0 amide bonds. The van der Waals surface area contributed by atoms with E-state index in [1.54, 1.807) is 0 Å². The SMILES string of the molecule is C=C(C)CC(C)CC#N. The summed E-state index contributed by atoms with van der Waals surface area (Å²) in [7, 11) is 0. The fourth-order valence-electron chi connectivity index (χ4n) is 0.823. The van der Waals surface area contributed by atoms with Gasteiger partial charge >= 0.3 is 0 Å². The van der Waals surface area contributed by atoms with Gasteiger partial charge in [-0.25, -0.2) is 0 Å². The molecule has 0 aromatic heterocycles. The maximum absolute atomic E-state index is 8.27. The quantitative estimate of drug-likeness (QED) is 0.529. The van der Waals surface area contributed by atoms with E-state index in [1.165, 1.54) is 0 Å². The molecule has 0 heterocycles. The van der Waals surface area contributed by atoms with Gasteiger partial charge < -0.3 is 0 Å². The van der Waals surface area contributed by atoms with E-state index in [0.29, 0.717) is 12.3 Å². The molecular weight excluding hydrogens is 110 g/mol. The van der Waals surface area contributed by atoms with Crippen molar-refractivity contribution in [2.24, 2.45) is 5.92 Å². The van der Waals surface area contributed by atoms with Crippen molar-refractivity contribution in [3.63, 3.8) is 0 Å². The van der Waals surface area contributed by atoms with Crippen LogP contribution in [-0.4, -0.2) is 0 Å². The van der Waals surface area contributed by atoms with E-state index in [4.69, 9.17) is 5.26 Å². The van der Waals surface area contributed by atoms with Crippen LogP contribution in [0.25, 0.3) is 0 Å². The van der Waals surface area contributed by atoms with Gasteiger partial charge in [0, 0.05) is 6.42 Å². The molecule has 0 radical (unpaired) electrons. The molecule has 0 spiro atoms. The van der Waals surface area contributed by atoms with Crippen molar-refractivity contribution in [3.8, 4) is 6.07 Å². The summed E-state index contributed by atoms with van der Waals surface area (Å²) in [6, 6.07) is 2.13. The van der Waals surface area contributed by atoms with E-state index in [-0.39, 0.29) is 0 Å². The molecule has 50 valence electrons. The molecule has 0 aromatic carbocycles. The largest absolute Gasteiger partial charge is 0.198 e. The standard InChI is InChI=1S/C8H13N/c1-7(2)6-8(3)4-5-9/h8H,1,4,6H2,2-3H3. The fourth-order valence-corrected chi connectivity index (χ4v) is 0.823. The summed E-state index contributed by atoms with van der Waals surface area (Å²) in [4.78, 5) is 0. The molecule has 0 fully saturated rings. The van der Waals surface area contributed by atoms with Crippen LogP contribution in [0.4, 0.5) is 0 Å². The number of hydrogen-bond acceptors (Lipinski definition) is 1. The van der Waals surface area contributed by atoms with Gasteiger partial charge in [0.1, 0.15) is 0 Å². The summed E-state index contributed by atoms with van der Waals surface area (Å²) in [6.45, 7) is 7.83. The molecule has 0 rings (SSSR count). The van der Waals surface area contributed by atoms with Crippen molar-refractivity contribution in [2.45, 2.75) is 26.7 Å². The second-order valence-electron chi connectivity index (χ2n) is 2.63. The van der Waals surface area contributed by atoms with Crippen molar-refractivity contribution in [1.29, 1.82) is 5.26 Å². The third-order valence-corrected chi connectivity index (χ3v) is 1.14. The summed E-state index contributed by atoms with van der Waals surface area (Å²) in [5, 5.41) is 8.27. The minimum absolute atomic E-state index is 0.479. The Morgan fingerprint density at radius 1 is 1.78 bits per heavy atom. The Morgan fingerprint density at radius 2 is 2.33 bits per heavy atom. The average molecular weight is 123 g/mol. The van der Waals surface area contributed by atoms with E-state index in [1.807, 2.05) is 6.92 Å². The van der Waals surface area contributed by atoms with E-state index in [0.717, 1.165) is 12.0 Å². The molecule has 1 heteroatoms. The van der Waals surface area contributed by atoms with Gasteiger partial charge in [-0.05, 0) is 19.3 Å². The van der Waals surface area contributed by atoms with Gasteiger partial charge in [0.05, 0.1) is 6.07 Å². The minimum atomic E-state index is 0.479. The molecule has 0 aliphatic carbocycles. The number of hydrogen-bond donors (Lipinski definition) is 0. The van der Waals surface area contributed by atoms with Crippen molar-refractivity contribution in [3.05, 3.63) is 12.2 Å². The second-order valence-corrected chi connectivity index (χ2v) is 2.63. The Bertz CT molecular complexity index is 130. The molecule has 0 bridgehead atoms. The predicted octanol–water partition coefficient (Wildman–Crippen LogP) is 2.50. The van der Waals surface area contributed by atoms with Gasteiger partial charge in [-0.15, -0.1) is 6.58 Å². The van der Waals surface area contributed by atoms with Crippen molar-refractivity contribution >= 4 is 0 Å². The average Bonchev–Trinajstić information content (AvgIpc) is 1.63. The van der Waals surface area contributed by atoms with Gasteiger partial charge in [-0.1, -0.05) is 12.5 Å². The lowest BCUT2D eigenvalue weighted by atomic mass is 10.0. The number of nitriles is 1. The maximum Gasteiger partial charge on any atom is 0.0624 e. The maximum atomic E-state index is 8.27. The van der Waals surface area contributed by atoms with Crippen molar-refractivity contribution in [2.75, 3.05) is 0 Å². The Labute approximate surface area is 57.0 Å². The van der Waals surface area contributed by atoms with E-state index >= 15 is 0 Å². The summed E-state index contributed by atoms with van der Waals surface area (Å²) in [5.74, 6) is 0.479. The van der Waals surface area contributed by atoms with E-state index in [2.05, 4.69) is 19.6 Å². The zero-order chi connectivity index (χ0) is 7.28. The predicted molar refractivity (Wildman–Crippen MR) is 38.8 cm³/mol. The van der Waals surface area contributed by atoms with Crippen molar-refractivity contribution in [1.82, 2.24) is 0 Å². The van der Waals surface area contributed by atoms with Crippen LogP contribution in [0.3, 0.4) is 0 Å². The summed E-state index contributed by atoms with van der Waals surface area (Å²) in [6.07, 6.45) is 1.63. The Balaban J connectivity index is 3.40. The first-order valence-corrected chi connectivity index (χ1v) is 3.18. The highest BCUT2D eigenvalue weighted by Crippen LogP contribution is 2.11. The minimum Gasteiger partial charge on any atom is -0.198 e. The third-order valence-electron chi connectivity index (χ3n) is 1.14. The van der Waals surface area contributed by atoms with Crippen LogP contribution in [-0.2, 0) is 0 Å². The molecule has 1 atom stereocenters. The number of nitrogens with zero attached hydrogens (tertiary/aromatic N) is 1. The Hall–Kier alpha value is -0.770. The van der Waals surface area contributed by atoms with Crippen LogP contribution in [0.5, 0.6) is 0 Å². The van der Waals surface area contributed by atoms with Crippen LogP contribution < -0.4 is 0 Å². The first-order chi connectivity index (χ1) is 4.16. The van der Waals surface area contributed by atoms with Gasteiger partial charge in [0.15, 0.2) is 0 Å². The normalized spacial score (nSPS) is 12.1. The van der Waals surface area contributed by atoms with Crippen LogP contribution in [0.15, 0.2) is 12.2 Å². The van der Waals surface area contributed by atoms with Gasteiger partial charge in [-0.2, -0.15) is 5.26 Å². The Kier molecular flexibility index (Phi) is 3.79. The first kappa shape index (κ1) is 8.23. The monoisotopic (exact) mass is 123 g/mol. The van der Waals surface area contributed by atoms with Crippen LogP contribution in [0, 0.1) is 17.2 Å². The summed E-state index contributed by atoms with van der Waals surface area (Å²) >= 11 is 0. The molecule has 0 saturated heterocycles. The molecule has 0 N–H and O–H groups in total. The Morgan fingerprint density at radius 3 is 2.67 bits per heavy atom. The van der Waals surface area contributed by atoms with E-state index in [9.17, 15) is 0 Å².